The predicted molar refractivity (Wildman–Crippen MR) is 109 cm³/mol. The summed E-state index contributed by atoms with van der Waals surface area (Å²) in [7, 11) is 0. The van der Waals surface area contributed by atoms with Crippen molar-refractivity contribution in [3.63, 3.8) is 0 Å². The van der Waals surface area contributed by atoms with Crippen molar-refractivity contribution < 1.29 is 28.7 Å². The van der Waals surface area contributed by atoms with Gasteiger partial charge in [0.2, 0.25) is 0 Å². The fraction of sp³-hybridized carbons (Fsp3) is 0.100. The number of hydrogen-bond donors (Lipinski definition) is 0. The lowest BCUT2D eigenvalue weighted by atomic mass is 9.92. The number of benzene rings is 3. The molecule has 0 fully saturated rings. The molecule has 0 N–H and O–H groups in total. The minimum atomic E-state index is -0.487. The minimum absolute atomic E-state index is 0. The molecule has 0 aliphatic rings. The van der Waals surface area contributed by atoms with Crippen molar-refractivity contribution in [3.8, 4) is 11.5 Å². The lowest BCUT2D eigenvalue weighted by Gasteiger charge is -2.13. The maximum atomic E-state index is 11.7. The Morgan fingerprint density at radius 2 is 1.04 bits per heavy atom. The van der Waals surface area contributed by atoms with Gasteiger partial charge in [0.15, 0.2) is 12.6 Å². The van der Waals surface area contributed by atoms with Gasteiger partial charge in [0, 0.05) is 25.0 Å². The number of carbonyl (C=O) groups excluding carboxylic acids is 4. The second kappa shape index (κ2) is 9.30. The Bertz CT molecular complexity index is 1000. The third kappa shape index (κ3) is 4.30. The van der Waals surface area contributed by atoms with Crippen LogP contribution in [0.4, 0.5) is 0 Å². The summed E-state index contributed by atoms with van der Waals surface area (Å²) >= 11 is 0. The summed E-state index contributed by atoms with van der Waals surface area (Å²) < 4.78 is 10.1. The summed E-state index contributed by atoms with van der Waals surface area (Å²) in [6.45, 7) is 2.55. The van der Waals surface area contributed by atoms with E-state index in [1.54, 1.807) is 36.4 Å². The van der Waals surface area contributed by atoms with Crippen LogP contribution >= 0.6 is 24.8 Å². The molecule has 0 radical (unpaired) electrons. The quantitative estimate of drug-likeness (QED) is 0.269. The van der Waals surface area contributed by atoms with Gasteiger partial charge in [-0.1, -0.05) is 0 Å². The normalized spacial score (nSPS) is 9.79. The highest BCUT2D eigenvalue weighted by Crippen LogP contribution is 2.35. The zero-order valence-corrected chi connectivity index (χ0v) is 16.5. The van der Waals surface area contributed by atoms with E-state index < -0.39 is 11.9 Å². The number of halogens is 2. The average Bonchev–Trinajstić information content (AvgIpc) is 2.58. The monoisotopic (exact) mass is 422 g/mol. The number of aldehydes is 2. The zero-order chi connectivity index (χ0) is 18.8. The molecule has 0 amide bonds. The Morgan fingerprint density at radius 3 is 1.32 bits per heavy atom. The second-order valence-corrected chi connectivity index (χ2v) is 5.67. The molecule has 0 atom stereocenters. The lowest BCUT2D eigenvalue weighted by molar-refractivity contribution is -0.132. The van der Waals surface area contributed by atoms with Crippen LogP contribution in [0, 0.1) is 0 Å². The SMILES string of the molecule is CC(=O)Oc1ccc2c(C=O)c3cc(OC(C)=O)ccc3c(C=O)c2c1.Cl.Cl. The number of ether oxygens (including phenoxy) is 2. The number of carbonyl (C=O) groups is 4. The zero-order valence-electron chi connectivity index (χ0n) is 14.9. The van der Waals surface area contributed by atoms with E-state index in [0.717, 1.165) is 0 Å². The molecule has 3 rings (SSSR count). The van der Waals surface area contributed by atoms with Crippen LogP contribution < -0.4 is 9.47 Å². The Balaban J connectivity index is 0.00000196. The number of hydrogen-bond acceptors (Lipinski definition) is 6. The van der Waals surface area contributed by atoms with Gasteiger partial charge in [-0.15, -0.1) is 24.8 Å². The van der Waals surface area contributed by atoms with Crippen molar-refractivity contribution in [2.75, 3.05) is 0 Å². The maximum absolute atomic E-state index is 11.7. The van der Waals surface area contributed by atoms with E-state index in [1.165, 1.54) is 13.8 Å². The Kier molecular flexibility index (Phi) is 7.67. The highest BCUT2D eigenvalue weighted by Gasteiger charge is 2.15. The number of esters is 2. The largest absolute Gasteiger partial charge is 0.427 e. The fourth-order valence-corrected chi connectivity index (χ4v) is 2.97. The molecule has 0 aliphatic heterocycles. The molecule has 3 aromatic carbocycles. The molecule has 0 saturated carbocycles. The van der Waals surface area contributed by atoms with Crippen molar-refractivity contribution in [1.29, 1.82) is 0 Å². The molecule has 8 heteroatoms. The van der Waals surface area contributed by atoms with Crippen molar-refractivity contribution in [2.45, 2.75) is 13.8 Å². The number of rotatable bonds is 4. The van der Waals surface area contributed by atoms with Crippen LogP contribution in [0.15, 0.2) is 36.4 Å². The van der Waals surface area contributed by atoms with Gasteiger partial charge in [-0.05, 0) is 57.9 Å². The molecule has 0 unspecified atom stereocenters. The Labute approximate surface area is 172 Å². The van der Waals surface area contributed by atoms with Crippen molar-refractivity contribution in [3.05, 3.63) is 47.5 Å². The molecule has 0 aliphatic carbocycles. The van der Waals surface area contributed by atoms with Gasteiger partial charge in [0.1, 0.15) is 11.5 Å². The molecular weight excluding hydrogens is 407 g/mol. The highest BCUT2D eigenvalue weighted by molar-refractivity contribution is 6.20. The minimum Gasteiger partial charge on any atom is -0.427 e. The molecule has 28 heavy (non-hydrogen) atoms. The van der Waals surface area contributed by atoms with Crippen LogP contribution in [-0.2, 0) is 9.59 Å². The summed E-state index contributed by atoms with van der Waals surface area (Å²) in [6, 6.07) is 9.42. The van der Waals surface area contributed by atoms with E-state index in [-0.39, 0.29) is 36.3 Å². The van der Waals surface area contributed by atoms with E-state index >= 15 is 0 Å². The molecule has 3 aromatic rings. The summed E-state index contributed by atoms with van der Waals surface area (Å²) in [5, 5.41) is 2.05. The van der Waals surface area contributed by atoms with Crippen LogP contribution in [0.2, 0.25) is 0 Å². The van der Waals surface area contributed by atoms with Crippen LogP contribution in [0.3, 0.4) is 0 Å². The van der Waals surface area contributed by atoms with Crippen molar-refractivity contribution in [2.24, 2.45) is 0 Å². The van der Waals surface area contributed by atoms with E-state index in [4.69, 9.17) is 9.47 Å². The molecule has 0 saturated heterocycles. The molecule has 0 aromatic heterocycles. The second-order valence-electron chi connectivity index (χ2n) is 5.67. The third-order valence-electron chi connectivity index (χ3n) is 3.90. The fourth-order valence-electron chi connectivity index (χ4n) is 2.97. The van der Waals surface area contributed by atoms with E-state index in [1.807, 2.05) is 0 Å². The predicted octanol–water partition coefficient (Wildman–Crippen LogP) is 4.31. The smallest absolute Gasteiger partial charge is 0.308 e. The molecule has 6 nitrogen and oxygen atoms in total. The standard InChI is InChI=1S/C20H14O6.2ClH/c1-11(23)25-13-3-5-15-17(7-13)19(9-21)16-6-4-14(26-12(2)24)8-18(16)20(15)10-22;;/h3-10H,1-2H3;2*1H. The highest BCUT2D eigenvalue weighted by atomic mass is 35.5. The van der Waals surface area contributed by atoms with Crippen molar-refractivity contribution in [1.82, 2.24) is 0 Å². The van der Waals surface area contributed by atoms with Crippen LogP contribution in [-0.4, -0.2) is 24.5 Å². The first-order chi connectivity index (χ1) is 12.4. The topological polar surface area (TPSA) is 86.7 Å². The molecular formula is C20H16Cl2O6. The Hall–Kier alpha value is -2.96. The van der Waals surface area contributed by atoms with E-state index in [9.17, 15) is 19.2 Å². The summed E-state index contributed by atoms with van der Waals surface area (Å²) in [5.74, 6) is -0.416. The molecule has 0 heterocycles. The van der Waals surface area contributed by atoms with Gasteiger partial charge in [0.05, 0.1) is 0 Å². The van der Waals surface area contributed by atoms with Gasteiger partial charge < -0.3 is 9.47 Å². The molecule has 0 bridgehead atoms. The summed E-state index contributed by atoms with van der Waals surface area (Å²) in [6.07, 6.45) is 1.37. The van der Waals surface area contributed by atoms with Crippen LogP contribution in [0.5, 0.6) is 11.5 Å². The molecule has 0 spiro atoms. The van der Waals surface area contributed by atoms with Crippen LogP contribution in [0.25, 0.3) is 21.5 Å². The van der Waals surface area contributed by atoms with Gasteiger partial charge in [-0.3, -0.25) is 19.2 Å². The lowest BCUT2D eigenvalue weighted by Crippen LogP contribution is -2.03. The first kappa shape index (κ1) is 23.1. The summed E-state index contributed by atoms with van der Waals surface area (Å²) in [5.41, 5.74) is 0.702. The third-order valence-corrected chi connectivity index (χ3v) is 3.90. The van der Waals surface area contributed by atoms with Gasteiger partial charge >= 0.3 is 11.9 Å². The number of fused-ring (bicyclic) bond motifs is 2. The maximum Gasteiger partial charge on any atom is 0.308 e. The van der Waals surface area contributed by atoms with E-state index in [0.29, 0.717) is 45.2 Å². The van der Waals surface area contributed by atoms with E-state index in [2.05, 4.69) is 0 Å². The average molecular weight is 423 g/mol. The Morgan fingerprint density at radius 1 is 0.679 bits per heavy atom. The van der Waals surface area contributed by atoms with Crippen molar-refractivity contribution >= 4 is 70.9 Å². The van der Waals surface area contributed by atoms with Gasteiger partial charge in [0.25, 0.3) is 0 Å². The summed E-state index contributed by atoms with van der Waals surface area (Å²) in [4.78, 5) is 45.8. The first-order valence-electron chi connectivity index (χ1n) is 7.75. The van der Waals surface area contributed by atoms with Crippen LogP contribution in [0.1, 0.15) is 34.6 Å². The first-order valence-corrected chi connectivity index (χ1v) is 7.75. The van der Waals surface area contributed by atoms with Gasteiger partial charge in [-0.25, -0.2) is 0 Å². The van der Waals surface area contributed by atoms with Gasteiger partial charge in [-0.2, -0.15) is 0 Å². The molecule has 146 valence electrons.